The van der Waals surface area contributed by atoms with Gasteiger partial charge in [-0.1, -0.05) is 53.2 Å². The molecule has 29 heavy (non-hydrogen) atoms. The maximum Gasteiger partial charge on any atom is 0.331 e. The number of carbonyl (C=O) groups excluding carboxylic acids is 2. The fourth-order valence-electron chi connectivity index (χ4n) is 2.49. The van der Waals surface area contributed by atoms with E-state index in [1.807, 2.05) is 37.3 Å². The molecule has 0 unspecified atom stereocenters. The van der Waals surface area contributed by atoms with Gasteiger partial charge in [0.1, 0.15) is 5.69 Å². The summed E-state index contributed by atoms with van der Waals surface area (Å²) in [5.41, 5.74) is 3.03. The van der Waals surface area contributed by atoms with E-state index in [1.54, 1.807) is 29.1 Å². The molecule has 0 bridgehead atoms. The Bertz CT molecular complexity index is 1030. The van der Waals surface area contributed by atoms with Crippen LogP contribution in [0.5, 0.6) is 0 Å². The van der Waals surface area contributed by atoms with Crippen LogP contribution in [0.1, 0.15) is 16.8 Å². The lowest BCUT2D eigenvalue weighted by atomic mass is 10.2. The average molecular weight is 411 g/mol. The van der Waals surface area contributed by atoms with Gasteiger partial charge in [-0.2, -0.15) is 0 Å². The van der Waals surface area contributed by atoms with E-state index in [-0.39, 0.29) is 0 Å². The number of carbonyl (C=O) groups is 2. The Labute approximate surface area is 172 Å². The van der Waals surface area contributed by atoms with Crippen molar-refractivity contribution >= 4 is 35.2 Å². The molecular formula is C21H19ClN4O3. The van der Waals surface area contributed by atoms with Crippen molar-refractivity contribution in [1.29, 1.82) is 0 Å². The molecule has 0 aliphatic carbocycles. The van der Waals surface area contributed by atoms with Crippen molar-refractivity contribution in [3.63, 3.8) is 0 Å². The lowest BCUT2D eigenvalue weighted by Crippen LogP contribution is -2.20. The summed E-state index contributed by atoms with van der Waals surface area (Å²) in [6.45, 7) is 2.01. The van der Waals surface area contributed by atoms with E-state index in [2.05, 4.69) is 15.6 Å². The SMILES string of the molecule is Cc1ccc(Cl)cc1NC(=O)COC(=O)/C=C/c1cn(Cc2ccccc2)nn1. The number of aromatic nitrogens is 3. The second-order valence-corrected chi connectivity index (χ2v) is 6.71. The van der Waals surface area contributed by atoms with E-state index in [0.29, 0.717) is 22.9 Å². The minimum atomic E-state index is -0.652. The highest BCUT2D eigenvalue weighted by molar-refractivity contribution is 6.31. The van der Waals surface area contributed by atoms with Gasteiger partial charge in [0.2, 0.25) is 0 Å². The molecule has 1 heterocycles. The monoisotopic (exact) mass is 410 g/mol. The Morgan fingerprint density at radius 2 is 2.00 bits per heavy atom. The Morgan fingerprint density at radius 3 is 2.79 bits per heavy atom. The van der Waals surface area contributed by atoms with Gasteiger partial charge in [0.15, 0.2) is 6.61 Å². The fourth-order valence-corrected chi connectivity index (χ4v) is 2.66. The van der Waals surface area contributed by atoms with Crippen LogP contribution in [0.25, 0.3) is 6.08 Å². The molecule has 0 saturated heterocycles. The van der Waals surface area contributed by atoms with Gasteiger partial charge in [-0.15, -0.1) is 5.10 Å². The number of halogens is 1. The van der Waals surface area contributed by atoms with Crippen molar-refractivity contribution < 1.29 is 14.3 Å². The summed E-state index contributed by atoms with van der Waals surface area (Å²) >= 11 is 5.92. The van der Waals surface area contributed by atoms with E-state index < -0.39 is 18.5 Å². The Morgan fingerprint density at radius 1 is 1.21 bits per heavy atom. The first-order chi connectivity index (χ1) is 14.0. The molecule has 0 aliphatic rings. The molecule has 148 valence electrons. The Kier molecular flexibility index (Phi) is 6.76. The first kappa shape index (κ1) is 20.3. The van der Waals surface area contributed by atoms with Crippen LogP contribution >= 0.6 is 11.6 Å². The number of rotatable bonds is 7. The summed E-state index contributed by atoms with van der Waals surface area (Å²) in [7, 11) is 0. The van der Waals surface area contributed by atoms with Gasteiger partial charge in [-0.05, 0) is 36.3 Å². The number of esters is 1. The van der Waals surface area contributed by atoms with Crippen LogP contribution in [0.15, 0.2) is 60.8 Å². The zero-order chi connectivity index (χ0) is 20.6. The number of anilines is 1. The first-order valence-electron chi connectivity index (χ1n) is 8.84. The third kappa shape index (κ3) is 6.29. The first-order valence-corrected chi connectivity index (χ1v) is 9.22. The molecule has 0 radical (unpaired) electrons. The summed E-state index contributed by atoms with van der Waals surface area (Å²) in [5, 5.41) is 11.2. The molecular weight excluding hydrogens is 392 g/mol. The Hall–Kier alpha value is -3.45. The highest BCUT2D eigenvalue weighted by atomic mass is 35.5. The molecule has 2 aromatic carbocycles. The van der Waals surface area contributed by atoms with Gasteiger partial charge < -0.3 is 10.1 Å². The van der Waals surface area contributed by atoms with E-state index in [9.17, 15) is 9.59 Å². The molecule has 0 spiro atoms. The van der Waals surface area contributed by atoms with Gasteiger partial charge in [0.05, 0.1) is 12.7 Å². The predicted molar refractivity (Wildman–Crippen MR) is 110 cm³/mol. The van der Waals surface area contributed by atoms with Crippen LogP contribution < -0.4 is 5.32 Å². The van der Waals surface area contributed by atoms with Crippen molar-refractivity contribution in [2.45, 2.75) is 13.5 Å². The van der Waals surface area contributed by atoms with Gasteiger partial charge in [0.25, 0.3) is 5.91 Å². The highest BCUT2D eigenvalue weighted by Gasteiger charge is 2.08. The van der Waals surface area contributed by atoms with Gasteiger partial charge in [-0.25, -0.2) is 9.48 Å². The van der Waals surface area contributed by atoms with Crippen LogP contribution in [0.4, 0.5) is 5.69 Å². The van der Waals surface area contributed by atoms with Crippen molar-refractivity contribution in [2.75, 3.05) is 11.9 Å². The zero-order valence-corrected chi connectivity index (χ0v) is 16.5. The average Bonchev–Trinajstić information content (AvgIpc) is 3.15. The van der Waals surface area contributed by atoms with Crippen LogP contribution in [0.3, 0.4) is 0 Å². The zero-order valence-electron chi connectivity index (χ0n) is 15.7. The third-order valence-electron chi connectivity index (χ3n) is 3.95. The topological polar surface area (TPSA) is 86.1 Å². The number of hydrogen-bond donors (Lipinski definition) is 1. The largest absolute Gasteiger partial charge is 0.452 e. The van der Waals surface area contributed by atoms with E-state index in [0.717, 1.165) is 11.1 Å². The van der Waals surface area contributed by atoms with Crippen LogP contribution in [-0.4, -0.2) is 33.5 Å². The molecule has 0 atom stereocenters. The lowest BCUT2D eigenvalue weighted by Gasteiger charge is -2.08. The summed E-state index contributed by atoms with van der Waals surface area (Å²) in [5.74, 6) is -1.11. The quantitative estimate of drug-likeness (QED) is 0.476. The minimum Gasteiger partial charge on any atom is -0.452 e. The number of amides is 1. The van der Waals surface area contributed by atoms with Crippen LogP contribution in [0, 0.1) is 6.92 Å². The van der Waals surface area contributed by atoms with E-state index in [1.165, 1.54) is 12.2 Å². The summed E-state index contributed by atoms with van der Waals surface area (Å²) < 4.78 is 6.61. The van der Waals surface area contributed by atoms with E-state index in [4.69, 9.17) is 16.3 Å². The van der Waals surface area contributed by atoms with Gasteiger partial charge in [-0.3, -0.25) is 4.79 Å². The minimum absolute atomic E-state index is 0.407. The second-order valence-electron chi connectivity index (χ2n) is 6.28. The molecule has 1 amide bonds. The number of nitrogens with zero attached hydrogens (tertiary/aromatic N) is 3. The molecule has 0 fully saturated rings. The number of aryl methyl sites for hydroxylation is 1. The summed E-state index contributed by atoms with van der Waals surface area (Å²) in [6.07, 6.45) is 4.40. The van der Waals surface area contributed by atoms with Crippen LogP contribution in [0.2, 0.25) is 5.02 Å². The normalized spacial score (nSPS) is 10.8. The van der Waals surface area contributed by atoms with Crippen LogP contribution in [-0.2, 0) is 20.9 Å². The lowest BCUT2D eigenvalue weighted by molar-refractivity contribution is -0.142. The summed E-state index contributed by atoms with van der Waals surface area (Å²) in [4.78, 5) is 23.8. The third-order valence-corrected chi connectivity index (χ3v) is 4.19. The van der Waals surface area contributed by atoms with Crippen molar-refractivity contribution in [3.05, 3.63) is 82.6 Å². The number of hydrogen-bond acceptors (Lipinski definition) is 5. The van der Waals surface area contributed by atoms with Gasteiger partial charge in [0, 0.05) is 16.8 Å². The van der Waals surface area contributed by atoms with E-state index >= 15 is 0 Å². The Balaban J connectivity index is 1.47. The molecule has 7 nitrogen and oxygen atoms in total. The van der Waals surface area contributed by atoms with Crippen molar-refractivity contribution in [1.82, 2.24) is 15.0 Å². The summed E-state index contributed by atoms with van der Waals surface area (Å²) in [6, 6.07) is 15.0. The highest BCUT2D eigenvalue weighted by Crippen LogP contribution is 2.20. The smallest absolute Gasteiger partial charge is 0.331 e. The number of benzene rings is 2. The van der Waals surface area contributed by atoms with Gasteiger partial charge >= 0.3 is 5.97 Å². The molecule has 0 saturated carbocycles. The second kappa shape index (κ2) is 9.66. The molecule has 1 aromatic heterocycles. The maximum atomic E-state index is 12.0. The molecule has 8 heteroatoms. The predicted octanol–water partition coefficient (Wildman–Crippen LogP) is 3.48. The maximum absolute atomic E-state index is 12.0. The molecule has 3 rings (SSSR count). The van der Waals surface area contributed by atoms with Crippen molar-refractivity contribution in [2.24, 2.45) is 0 Å². The fraction of sp³-hybridized carbons (Fsp3) is 0.143. The number of nitrogens with one attached hydrogen (secondary N) is 1. The standard InChI is InChI=1S/C21H19ClN4O3/c1-15-7-8-17(22)11-19(15)23-20(27)14-29-21(28)10-9-18-13-26(25-24-18)12-16-5-3-2-4-6-16/h2-11,13H,12,14H2,1H3,(H,23,27)/b10-9+. The van der Waals surface area contributed by atoms with Crippen molar-refractivity contribution in [3.8, 4) is 0 Å². The number of ether oxygens (including phenoxy) is 1. The molecule has 0 aliphatic heterocycles. The molecule has 3 aromatic rings. The molecule has 1 N–H and O–H groups in total.